The zero-order valence-corrected chi connectivity index (χ0v) is 12.3. The minimum absolute atomic E-state index is 0.0120. The van der Waals surface area contributed by atoms with Crippen molar-refractivity contribution in [3.05, 3.63) is 33.9 Å². The lowest BCUT2D eigenvalue weighted by molar-refractivity contribution is -0.383. The molecule has 0 heterocycles. The van der Waals surface area contributed by atoms with Crippen LogP contribution in [0.25, 0.3) is 0 Å². The molecule has 0 radical (unpaired) electrons. The number of rotatable bonds is 3. The number of amides is 1. The lowest BCUT2D eigenvalue weighted by atomic mass is 9.80. The molecule has 6 nitrogen and oxygen atoms in total. The predicted molar refractivity (Wildman–Crippen MR) is 80.9 cm³/mol. The summed E-state index contributed by atoms with van der Waals surface area (Å²) < 4.78 is 0. The van der Waals surface area contributed by atoms with Crippen molar-refractivity contribution in [2.24, 2.45) is 11.8 Å². The number of nitro groups is 1. The molecule has 1 amide bonds. The third kappa shape index (κ3) is 3.51. The number of nitrogens with one attached hydrogen (secondary N) is 1. The average molecular weight is 291 g/mol. The third-order valence-electron chi connectivity index (χ3n) is 4.23. The smallest absolute Gasteiger partial charge is 0.292 e. The predicted octanol–water partition coefficient (Wildman–Crippen LogP) is 2.73. The number of nitrogens with two attached hydrogens (primary N) is 1. The van der Waals surface area contributed by atoms with Crippen molar-refractivity contribution in [2.45, 2.75) is 39.2 Å². The Labute approximate surface area is 123 Å². The molecule has 6 heteroatoms. The average Bonchev–Trinajstić information content (AvgIpc) is 2.41. The molecule has 1 aromatic rings. The summed E-state index contributed by atoms with van der Waals surface area (Å²) in [7, 11) is 0. The van der Waals surface area contributed by atoms with E-state index in [1.807, 2.05) is 0 Å². The fourth-order valence-corrected chi connectivity index (χ4v) is 2.99. The van der Waals surface area contributed by atoms with Gasteiger partial charge in [-0.2, -0.15) is 0 Å². The molecule has 0 aromatic heterocycles. The highest BCUT2D eigenvalue weighted by atomic mass is 16.6. The number of anilines is 1. The molecular weight excluding hydrogens is 270 g/mol. The van der Waals surface area contributed by atoms with Crippen LogP contribution in [0.4, 0.5) is 11.4 Å². The summed E-state index contributed by atoms with van der Waals surface area (Å²) in [5.41, 5.74) is 5.82. The molecule has 1 fully saturated rings. The molecule has 0 saturated heterocycles. The third-order valence-corrected chi connectivity index (χ3v) is 4.23. The minimum Gasteiger partial charge on any atom is -0.393 e. The molecule has 3 unspecified atom stereocenters. The van der Waals surface area contributed by atoms with Crippen LogP contribution in [0.5, 0.6) is 0 Å². The van der Waals surface area contributed by atoms with E-state index < -0.39 is 4.92 Å². The van der Waals surface area contributed by atoms with E-state index in [1.54, 1.807) is 0 Å². The van der Waals surface area contributed by atoms with Gasteiger partial charge in [0, 0.05) is 17.7 Å². The molecule has 1 aromatic carbocycles. The normalized spacial score (nSPS) is 25.3. The van der Waals surface area contributed by atoms with Crippen molar-refractivity contribution >= 4 is 17.3 Å². The Morgan fingerprint density at radius 1 is 1.38 bits per heavy atom. The van der Waals surface area contributed by atoms with E-state index in [-0.39, 0.29) is 23.3 Å². The highest BCUT2D eigenvalue weighted by Crippen LogP contribution is 2.29. The van der Waals surface area contributed by atoms with Crippen molar-refractivity contribution in [1.29, 1.82) is 0 Å². The van der Waals surface area contributed by atoms with E-state index in [1.165, 1.54) is 18.2 Å². The summed E-state index contributed by atoms with van der Waals surface area (Å²) in [4.78, 5) is 22.4. The molecular formula is C15H21N3O3. The summed E-state index contributed by atoms with van der Waals surface area (Å²) in [5.74, 6) is 0.916. The number of carbonyl (C=O) groups excluding carboxylic acids is 1. The molecule has 0 spiro atoms. The maximum atomic E-state index is 12.2. The number of nitrogens with zero attached hydrogens (tertiary/aromatic N) is 1. The first-order valence-electron chi connectivity index (χ1n) is 7.23. The van der Waals surface area contributed by atoms with Gasteiger partial charge in [0.1, 0.15) is 5.69 Å². The Morgan fingerprint density at radius 3 is 2.67 bits per heavy atom. The molecule has 1 aliphatic rings. The molecule has 3 atom stereocenters. The lowest BCUT2D eigenvalue weighted by Gasteiger charge is -2.33. The van der Waals surface area contributed by atoms with Gasteiger partial charge >= 0.3 is 0 Å². The summed E-state index contributed by atoms with van der Waals surface area (Å²) >= 11 is 0. The first-order valence-corrected chi connectivity index (χ1v) is 7.23. The topological polar surface area (TPSA) is 98.3 Å². The van der Waals surface area contributed by atoms with Crippen molar-refractivity contribution in [1.82, 2.24) is 5.32 Å². The van der Waals surface area contributed by atoms with Crippen LogP contribution in [-0.4, -0.2) is 16.9 Å². The van der Waals surface area contributed by atoms with Crippen LogP contribution < -0.4 is 11.1 Å². The van der Waals surface area contributed by atoms with E-state index in [0.29, 0.717) is 17.4 Å². The minimum atomic E-state index is -0.554. The van der Waals surface area contributed by atoms with Crippen LogP contribution in [-0.2, 0) is 0 Å². The zero-order valence-electron chi connectivity index (χ0n) is 12.3. The lowest BCUT2D eigenvalue weighted by Crippen LogP contribution is -2.42. The zero-order chi connectivity index (χ0) is 15.6. The number of nitrogen functional groups attached to an aromatic ring is 1. The van der Waals surface area contributed by atoms with Gasteiger partial charge in [0.2, 0.25) is 0 Å². The van der Waals surface area contributed by atoms with Gasteiger partial charge in [-0.15, -0.1) is 0 Å². The number of carbonyl (C=O) groups is 1. The van der Waals surface area contributed by atoms with Crippen molar-refractivity contribution in [3.63, 3.8) is 0 Å². The van der Waals surface area contributed by atoms with Gasteiger partial charge in [0.15, 0.2) is 0 Å². The van der Waals surface area contributed by atoms with Crippen LogP contribution in [0.3, 0.4) is 0 Å². The van der Waals surface area contributed by atoms with E-state index >= 15 is 0 Å². The van der Waals surface area contributed by atoms with E-state index in [9.17, 15) is 14.9 Å². The second kappa shape index (κ2) is 6.11. The molecule has 1 saturated carbocycles. The molecule has 1 aliphatic carbocycles. The number of nitro benzene ring substituents is 1. The van der Waals surface area contributed by atoms with Crippen molar-refractivity contribution in [3.8, 4) is 0 Å². The van der Waals surface area contributed by atoms with Gasteiger partial charge in [-0.05, 0) is 43.2 Å². The van der Waals surface area contributed by atoms with Gasteiger partial charge in [-0.25, -0.2) is 0 Å². The standard InChI is InChI=1S/C15H21N3O3/c1-9-3-5-13(10(2)7-9)17-15(19)11-4-6-14(18(20)21)12(16)8-11/h4,6,8-10,13H,3,5,7,16H2,1-2H3,(H,17,19). The van der Waals surface area contributed by atoms with Gasteiger partial charge in [0.05, 0.1) is 4.92 Å². The van der Waals surface area contributed by atoms with Crippen LogP contribution in [0.1, 0.15) is 43.5 Å². The van der Waals surface area contributed by atoms with Crippen LogP contribution in [0.15, 0.2) is 18.2 Å². The molecule has 0 bridgehead atoms. The molecule has 114 valence electrons. The fourth-order valence-electron chi connectivity index (χ4n) is 2.99. The second-order valence-corrected chi connectivity index (χ2v) is 6.01. The van der Waals surface area contributed by atoms with Crippen LogP contribution in [0, 0.1) is 22.0 Å². The summed E-state index contributed by atoms with van der Waals surface area (Å²) in [6.07, 6.45) is 3.18. The Bertz CT molecular complexity index is 559. The molecule has 2 rings (SSSR count). The largest absolute Gasteiger partial charge is 0.393 e. The van der Waals surface area contributed by atoms with Crippen molar-refractivity contribution in [2.75, 3.05) is 5.73 Å². The van der Waals surface area contributed by atoms with Crippen LogP contribution >= 0.6 is 0 Å². The Kier molecular flexibility index (Phi) is 4.45. The maximum Gasteiger partial charge on any atom is 0.292 e. The van der Waals surface area contributed by atoms with Crippen LogP contribution in [0.2, 0.25) is 0 Å². The quantitative estimate of drug-likeness (QED) is 0.508. The van der Waals surface area contributed by atoms with E-state index in [4.69, 9.17) is 5.73 Å². The number of benzene rings is 1. The SMILES string of the molecule is CC1CCC(NC(=O)c2ccc([N+](=O)[O-])c(N)c2)C(C)C1. The van der Waals surface area contributed by atoms with E-state index in [2.05, 4.69) is 19.2 Å². The summed E-state index contributed by atoms with van der Waals surface area (Å²) in [6.45, 7) is 4.37. The Balaban J connectivity index is 2.07. The highest BCUT2D eigenvalue weighted by molar-refractivity contribution is 5.95. The van der Waals surface area contributed by atoms with E-state index in [0.717, 1.165) is 19.3 Å². The van der Waals surface area contributed by atoms with Gasteiger partial charge in [-0.3, -0.25) is 14.9 Å². The molecule has 0 aliphatic heterocycles. The van der Waals surface area contributed by atoms with Gasteiger partial charge < -0.3 is 11.1 Å². The first-order chi connectivity index (χ1) is 9.88. The fraction of sp³-hybridized carbons (Fsp3) is 0.533. The van der Waals surface area contributed by atoms with Gasteiger partial charge in [-0.1, -0.05) is 13.8 Å². The number of hydrogen-bond acceptors (Lipinski definition) is 4. The molecule has 3 N–H and O–H groups in total. The summed E-state index contributed by atoms with van der Waals surface area (Å²) in [5, 5.41) is 13.7. The van der Waals surface area contributed by atoms with Gasteiger partial charge in [0.25, 0.3) is 11.6 Å². The number of hydrogen-bond donors (Lipinski definition) is 2. The first kappa shape index (κ1) is 15.3. The Morgan fingerprint density at radius 2 is 2.10 bits per heavy atom. The monoisotopic (exact) mass is 291 g/mol. The Hall–Kier alpha value is -2.11. The second-order valence-electron chi connectivity index (χ2n) is 6.01. The molecule has 21 heavy (non-hydrogen) atoms. The summed E-state index contributed by atoms with van der Waals surface area (Å²) in [6, 6.07) is 4.24. The van der Waals surface area contributed by atoms with Crippen molar-refractivity contribution < 1.29 is 9.72 Å². The maximum absolute atomic E-state index is 12.2. The highest BCUT2D eigenvalue weighted by Gasteiger charge is 2.27.